The number of hydrogen-bond donors (Lipinski definition) is 1. The second-order valence-electron chi connectivity index (χ2n) is 4.94. The van der Waals surface area contributed by atoms with E-state index in [9.17, 15) is 9.18 Å². The molecule has 120 valence electrons. The van der Waals surface area contributed by atoms with E-state index < -0.39 is 5.97 Å². The lowest BCUT2D eigenvalue weighted by atomic mass is 10.1. The Morgan fingerprint density at radius 2 is 2.08 bits per heavy atom. The molecule has 0 bridgehead atoms. The summed E-state index contributed by atoms with van der Waals surface area (Å²) in [6.45, 7) is 0. The van der Waals surface area contributed by atoms with Crippen molar-refractivity contribution in [1.82, 2.24) is 19.6 Å². The first kappa shape index (κ1) is 15.0. The quantitative estimate of drug-likeness (QED) is 0.562. The van der Waals surface area contributed by atoms with Gasteiger partial charge in [0.05, 0.1) is 11.1 Å². The molecule has 0 spiro atoms. The number of benzene rings is 1. The molecule has 1 N–H and O–H groups in total. The molecule has 0 aliphatic rings. The minimum Gasteiger partial charge on any atom is -0.481 e. The van der Waals surface area contributed by atoms with Crippen LogP contribution in [0.2, 0.25) is 0 Å². The summed E-state index contributed by atoms with van der Waals surface area (Å²) in [5, 5.41) is 20.3. The smallest absolute Gasteiger partial charge is 0.313 e. The third kappa shape index (κ3) is 2.51. The van der Waals surface area contributed by atoms with E-state index in [4.69, 9.17) is 5.11 Å². The maximum Gasteiger partial charge on any atom is 0.313 e. The fourth-order valence-electron chi connectivity index (χ4n) is 2.39. The van der Waals surface area contributed by atoms with Crippen LogP contribution in [0.25, 0.3) is 27.0 Å². The molecule has 3 aromatic heterocycles. The van der Waals surface area contributed by atoms with Gasteiger partial charge in [-0.15, -0.1) is 21.5 Å². The molecule has 9 heteroatoms. The van der Waals surface area contributed by atoms with Crippen LogP contribution in [-0.4, -0.2) is 36.4 Å². The summed E-state index contributed by atoms with van der Waals surface area (Å²) < 4.78 is 14.8. The number of thioether (sulfide) groups is 1. The minimum absolute atomic E-state index is 0.104. The molecule has 0 aliphatic carbocycles. The topological polar surface area (TPSA) is 80.4 Å². The lowest BCUT2D eigenvalue weighted by Crippen LogP contribution is -1.99. The fourth-order valence-corrected chi connectivity index (χ4v) is 3.92. The van der Waals surface area contributed by atoms with Crippen LogP contribution in [0.5, 0.6) is 0 Å². The van der Waals surface area contributed by atoms with Crippen molar-refractivity contribution in [2.45, 2.75) is 5.16 Å². The molecular weight excluding hydrogens is 351 g/mol. The number of thiophene rings is 1. The summed E-state index contributed by atoms with van der Waals surface area (Å²) in [5.41, 5.74) is 2.36. The first-order valence-corrected chi connectivity index (χ1v) is 8.71. The summed E-state index contributed by atoms with van der Waals surface area (Å²) in [4.78, 5) is 15.9. The number of halogens is 1. The van der Waals surface area contributed by atoms with Gasteiger partial charge in [-0.25, -0.2) is 9.37 Å². The maximum absolute atomic E-state index is 13.2. The fraction of sp³-hybridized carbons (Fsp3) is 0.0667. The van der Waals surface area contributed by atoms with Crippen molar-refractivity contribution in [3.63, 3.8) is 0 Å². The van der Waals surface area contributed by atoms with E-state index in [0.29, 0.717) is 10.8 Å². The summed E-state index contributed by atoms with van der Waals surface area (Å²) in [6, 6.07) is 6.22. The lowest BCUT2D eigenvalue weighted by Gasteiger charge is -2.02. The molecule has 0 atom stereocenters. The van der Waals surface area contributed by atoms with Gasteiger partial charge in [-0.05, 0) is 17.7 Å². The predicted molar refractivity (Wildman–Crippen MR) is 89.9 cm³/mol. The van der Waals surface area contributed by atoms with Gasteiger partial charge in [0.25, 0.3) is 0 Å². The van der Waals surface area contributed by atoms with Crippen LogP contribution < -0.4 is 0 Å². The number of carboxylic acids is 1. The number of rotatable bonds is 4. The van der Waals surface area contributed by atoms with Crippen LogP contribution in [0.15, 0.2) is 41.1 Å². The Bertz CT molecular complexity index is 1060. The standard InChI is InChI=1S/C15H9FN4O2S2/c16-9-3-1-8(2-4-9)10-5-23-14-12(10)13-18-19-15(20(13)7-17-14)24-6-11(21)22/h1-5,7H,6H2,(H,21,22). The van der Waals surface area contributed by atoms with Gasteiger partial charge in [-0.3, -0.25) is 9.20 Å². The van der Waals surface area contributed by atoms with Gasteiger partial charge in [-0.1, -0.05) is 23.9 Å². The average molecular weight is 360 g/mol. The van der Waals surface area contributed by atoms with Crippen molar-refractivity contribution < 1.29 is 14.3 Å². The van der Waals surface area contributed by atoms with Crippen LogP contribution >= 0.6 is 23.1 Å². The molecule has 4 aromatic rings. The molecule has 0 aliphatic heterocycles. The lowest BCUT2D eigenvalue weighted by molar-refractivity contribution is -0.133. The SMILES string of the molecule is O=C(O)CSc1nnc2c3c(-c4ccc(F)cc4)csc3ncn12. The highest BCUT2D eigenvalue weighted by Crippen LogP contribution is 2.35. The third-order valence-electron chi connectivity index (χ3n) is 3.43. The second-order valence-corrected chi connectivity index (χ2v) is 6.74. The highest BCUT2D eigenvalue weighted by Gasteiger charge is 2.16. The van der Waals surface area contributed by atoms with Crippen LogP contribution in [0.3, 0.4) is 0 Å². The normalized spacial score (nSPS) is 11.4. The van der Waals surface area contributed by atoms with Crippen LogP contribution in [-0.2, 0) is 4.79 Å². The average Bonchev–Trinajstić information content (AvgIpc) is 3.17. The number of aliphatic carboxylic acids is 1. The zero-order valence-electron chi connectivity index (χ0n) is 12.0. The molecule has 1 aromatic carbocycles. The third-order valence-corrected chi connectivity index (χ3v) is 5.24. The zero-order chi connectivity index (χ0) is 16.7. The first-order chi connectivity index (χ1) is 11.6. The van der Waals surface area contributed by atoms with Gasteiger partial charge in [0.2, 0.25) is 0 Å². The van der Waals surface area contributed by atoms with E-state index in [1.54, 1.807) is 22.9 Å². The Morgan fingerprint density at radius 3 is 2.83 bits per heavy atom. The molecular formula is C15H9FN4O2S2. The highest BCUT2D eigenvalue weighted by molar-refractivity contribution is 7.99. The molecule has 0 radical (unpaired) electrons. The Labute approximate surface area is 143 Å². The van der Waals surface area contributed by atoms with Gasteiger partial charge in [0.1, 0.15) is 17.0 Å². The number of aromatic nitrogens is 4. The van der Waals surface area contributed by atoms with Crippen molar-refractivity contribution in [1.29, 1.82) is 0 Å². The summed E-state index contributed by atoms with van der Waals surface area (Å²) in [5.74, 6) is -1.32. The summed E-state index contributed by atoms with van der Waals surface area (Å²) in [6.07, 6.45) is 1.59. The van der Waals surface area contributed by atoms with E-state index in [-0.39, 0.29) is 11.6 Å². The van der Waals surface area contributed by atoms with Gasteiger partial charge < -0.3 is 5.11 Å². The Hall–Kier alpha value is -2.52. The molecule has 24 heavy (non-hydrogen) atoms. The molecule has 0 saturated carbocycles. The molecule has 6 nitrogen and oxygen atoms in total. The van der Waals surface area contributed by atoms with Crippen LogP contribution in [0.4, 0.5) is 4.39 Å². The number of carbonyl (C=O) groups is 1. The second kappa shape index (κ2) is 5.84. The minimum atomic E-state index is -0.923. The van der Waals surface area contributed by atoms with Crippen LogP contribution in [0, 0.1) is 5.82 Å². The molecule has 0 amide bonds. The summed E-state index contributed by atoms with van der Waals surface area (Å²) in [7, 11) is 0. The predicted octanol–water partition coefficient (Wildman–Crippen LogP) is 3.32. The van der Waals surface area contributed by atoms with Gasteiger partial charge in [0, 0.05) is 10.9 Å². The van der Waals surface area contributed by atoms with Gasteiger partial charge >= 0.3 is 5.97 Å². The van der Waals surface area contributed by atoms with Crippen molar-refractivity contribution in [3.05, 3.63) is 41.8 Å². The van der Waals surface area contributed by atoms with E-state index in [2.05, 4.69) is 15.2 Å². The van der Waals surface area contributed by atoms with E-state index in [0.717, 1.165) is 33.1 Å². The molecule has 0 fully saturated rings. The van der Waals surface area contributed by atoms with Crippen LogP contribution in [0.1, 0.15) is 0 Å². The molecule has 0 saturated heterocycles. The maximum atomic E-state index is 13.2. The van der Waals surface area contributed by atoms with E-state index >= 15 is 0 Å². The Balaban J connectivity index is 1.89. The number of carboxylic acid groups (broad SMARTS) is 1. The Kier molecular flexibility index (Phi) is 3.66. The molecule has 3 heterocycles. The van der Waals surface area contributed by atoms with Crippen molar-refractivity contribution in [2.75, 3.05) is 5.75 Å². The number of nitrogens with zero attached hydrogens (tertiary/aromatic N) is 4. The van der Waals surface area contributed by atoms with E-state index in [1.807, 2.05) is 5.38 Å². The highest BCUT2D eigenvalue weighted by atomic mass is 32.2. The van der Waals surface area contributed by atoms with Crippen molar-refractivity contribution >= 4 is 44.9 Å². The number of fused-ring (bicyclic) bond motifs is 3. The molecule has 0 unspecified atom stereocenters. The largest absolute Gasteiger partial charge is 0.481 e. The van der Waals surface area contributed by atoms with E-state index in [1.165, 1.54) is 23.5 Å². The monoisotopic (exact) mass is 360 g/mol. The summed E-state index contributed by atoms with van der Waals surface area (Å²) >= 11 is 2.55. The van der Waals surface area contributed by atoms with Crippen molar-refractivity contribution in [3.8, 4) is 11.1 Å². The first-order valence-electron chi connectivity index (χ1n) is 6.85. The molecule has 4 rings (SSSR count). The van der Waals surface area contributed by atoms with Gasteiger partial charge in [-0.2, -0.15) is 0 Å². The van der Waals surface area contributed by atoms with Gasteiger partial charge in [0.15, 0.2) is 10.8 Å². The van der Waals surface area contributed by atoms with Crippen molar-refractivity contribution in [2.24, 2.45) is 0 Å². The zero-order valence-corrected chi connectivity index (χ0v) is 13.6. The number of hydrogen-bond acceptors (Lipinski definition) is 6. The Morgan fingerprint density at radius 1 is 1.29 bits per heavy atom.